The van der Waals surface area contributed by atoms with Crippen LogP contribution in [0.2, 0.25) is 0 Å². The van der Waals surface area contributed by atoms with Gasteiger partial charge in [-0.1, -0.05) is 22.6 Å². The molecule has 2 nitrogen and oxygen atoms in total. The van der Waals surface area contributed by atoms with Gasteiger partial charge in [-0.25, -0.2) is 0 Å². The van der Waals surface area contributed by atoms with Crippen LogP contribution < -0.4 is 0 Å². The lowest BCUT2D eigenvalue weighted by Gasteiger charge is -2.27. The zero-order valence-corrected chi connectivity index (χ0v) is 9.00. The second-order valence-electron chi connectivity index (χ2n) is 3.00. The van der Waals surface area contributed by atoms with Gasteiger partial charge in [0.25, 0.3) is 0 Å². The quantitative estimate of drug-likeness (QED) is 0.524. The molecular weight excluding hydrogens is 253 g/mol. The third-order valence-electron chi connectivity index (χ3n) is 2.01. The highest BCUT2D eigenvalue weighted by atomic mass is 127. The van der Waals surface area contributed by atoms with Crippen molar-refractivity contribution in [3.63, 3.8) is 0 Å². The minimum absolute atomic E-state index is 0.144. The van der Waals surface area contributed by atoms with Gasteiger partial charge in [0.2, 0.25) is 5.91 Å². The van der Waals surface area contributed by atoms with Gasteiger partial charge in [-0.05, 0) is 26.2 Å². The second kappa shape index (κ2) is 4.28. The highest BCUT2D eigenvalue weighted by molar-refractivity contribution is 14.1. The highest BCUT2D eigenvalue weighted by Crippen LogP contribution is 2.12. The topological polar surface area (TPSA) is 20.3 Å². The van der Waals surface area contributed by atoms with Crippen molar-refractivity contribution < 1.29 is 4.79 Å². The van der Waals surface area contributed by atoms with E-state index in [9.17, 15) is 4.79 Å². The molecule has 3 heteroatoms. The molecule has 1 amide bonds. The number of piperidine rings is 1. The Morgan fingerprint density at radius 1 is 1.36 bits per heavy atom. The van der Waals surface area contributed by atoms with Gasteiger partial charge in [-0.3, -0.25) is 4.79 Å². The Morgan fingerprint density at radius 3 is 2.36 bits per heavy atom. The van der Waals surface area contributed by atoms with Crippen molar-refractivity contribution >= 4 is 28.5 Å². The molecule has 0 aromatic heterocycles. The Bertz CT molecular complexity index is 141. The molecule has 1 saturated heterocycles. The largest absolute Gasteiger partial charge is 0.342 e. The molecule has 11 heavy (non-hydrogen) atoms. The normalized spacial score (nSPS) is 21.5. The molecule has 1 aliphatic rings. The third-order valence-corrected chi connectivity index (χ3v) is 2.54. The Kier molecular flexibility index (Phi) is 3.62. The molecule has 64 valence electrons. The summed E-state index contributed by atoms with van der Waals surface area (Å²) in [6.07, 6.45) is 3.67. The van der Waals surface area contributed by atoms with Crippen molar-refractivity contribution in [1.82, 2.24) is 4.90 Å². The molecule has 0 radical (unpaired) electrons. The molecule has 0 aromatic carbocycles. The lowest BCUT2D eigenvalue weighted by molar-refractivity contribution is -0.130. The van der Waals surface area contributed by atoms with E-state index >= 15 is 0 Å². The van der Waals surface area contributed by atoms with Crippen molar-refractivity contribution in [3.05, 3.63) is 0 Å². The summed E-state index contributed by atoms with van der Waals surface area (Å²) in [4.78, 5) is 13.4. The van der Waals surface area contributed by atoms with Crippen LogP contribution in [0.4, 0.5) is 0 Å². The van der Waals surface area contributed by atoms with Crippen LogP contribution in [0.1, 0.15) is 26.2 Å². The lowest BCUT2D eigenvalue weighted by atomic mass is 10.1. The van der Waals surface area contributed by atoms with Crippen molar-refractivity contribution in [2.75, 3.05) is 13.1 Å². The molecular formula is C8H14INO. The van der Waals surface area contributed by atoms with Crippen LogP contribution in [0.25, 0.3) is 0 Å². The minimum atomic E-state index is 0.144. The molecule has 0 N–H and O–H groups in total. The van der Waals surface area contributed by atoms with Gasteiger partial charge in [-0.2, -0.15) is 0 Å². The van der Waals surface area contributed by atoms with Crippen molar-refractivity contribution in [3.8, 4) is 0 Å². The number of hydrogen-bond donors (Lipinski definition) is 0. The van der Waals surface area contributed by atoms with Crippen molar-refractivity contribution in [1.29, 1.82) is 0 Å². The fourth-order valence-corrected chi connectivity index (χ4v) is 1.76. The van der Waals surface area contributed by atoms with Crippen LogP contribution in [0, 0.1) is 0 Å². The van der Waals surface area contributed by atoms with Gasteiger partial charge >= 0.3 is 0 Å². The average Bonchev–Trinajstić information content (AvgIpc) is 2.05. The number of alkyl halides is 1. The number of carbonyl (C=O) groups excluding carboxylic acids is 1. The maximum absolute atomic E-state index is 11.4. The first-order valence-corrected chi connectivity index (χ1v) is 5.39. The predicted octanol–water partition coefficient (Wildman–Crippen LogP) is 1.82. The van der Waals surface area contributed by atoms with E-state index < -0.39 is 0 Å². The number of likely N-dealkylation sites (tertiary alicyclic amines) is 1. The van der Waals surface area contributed by atoms with E-state index in [2.05, 4.69) is 22.6 Å². The molecule has 1 rings (SSSR count). The highest BCUT2D eigenvalue weighted by Gasteiger charge is 2.19. The average molecular weight is 267 g/mol. The summed E-state index contributed by atoms with van der Waals surface area (Å²) in [7, 11) is 0. The van der Waals surface area contributed by atoms with E-state index in [1.165, 1.54) is 19.3 Å². The van der Waals surface area contributed by atoms with Crippen LogP contribution in [0.5, 0.6) is 0 Å². The van der Waals surface area contributed by atoms with E-state index in [1.807, 2.05) is 11.8 Å². The molecule has 1 unspecified atom stereocenters. The lowest BCUT2D eigenvalue weighted by Crippen LogP contribution is -2.39. The summed E-state index contributed by atoms with van der Waals surface area (Å²) in [6, 6.07) is 0. The summed E-state index contributed by atoms with van der Waals surface area (Å²) in [5, 5.41) is 0. The smallest absolute Gasteiger partial charge is 0.235 e. The van der Waals surface area contributed by atoms with E-state index in [1.54, 1.807) is 0 Å². The number of amides is 1. The van der Waals surface area contributed by atoms with Crippen LogP contribution in [0.15, 0.2) is 0 Å². The molecule has 0 aromatic rings. The molecule has 1 fully saturated rings. The summed E-state index contributed by atoms with van der Waals surface area (Å²) in [5.41, 5.74) is 0. The number of hydrogen-bond acceptors (Lipinski definition) is 1. The second-order valence-corrected chi connectivity index (χ2v) is 4.87. The van der Waals surface area contributed by atoms with Crippen molar-refractivity contribution in [2.45, 2.75) is 30.1 Å². The SMILES string of the molecule is CC(I)C(=O)N1CCCCC1. The Balaban J connectivity index is 2.39. The Morgan fingerprint density at radius 2 is 1.91 bits per heavy atom. The first-order valence-electron chi connectivity index (χ1n) is 4.14. The van der Waals surface area contributed by atoms with Crippen LogP contribution in [-0.2, 0) is 4.79 Å². The fraction of sp³-hybridized carbons (Fsp3) is 0.875. The number of nitrogens with zero attached hydrogens (tertiary/aromatic N) is 1. The Hall–Kier alpha value is 0.200. The van der Waals surface area contributed by atoms with Gasteiger partial charge in [0.05, 0.1) is 3.92 Å². The van der Waals surface area contributed by atoms with Gasteiger partial charge < -0.3 is 4.90 Å². The third kappa shape index (κ3) is 2.61. The van der Waals surface area contributed by atoms with E-state index in [0.717, 1.165) is 13.1 Å². The maximum atomic E-state index is 11.4. The number of halogens is 1. The van der Waals surface area contributed by atoms with Crippen molar-refractivity contribution in [2.24, 2.45) is 0 Å². The molecule has 1 atom stereocenters. The summed E-state index contributed by atoms with van der Waals surface area (Å²) >= 11 is 2.18. The zero-order valence-electron chi connectivity index (χ0n) is 6.85. The predicted molar refractivity (Wildman–Crippen MR) is 53.9 cm³/mol. The van der Waals surface area contributed by atoms with Crippen LogP contribution in [0.3, 0.4) is 0 Å². The van der Waals surface area contributed by atoms with Gasteiger partial charge in [0.15, 0.2) is 0 Å². The summed E-state index contributed by atoms with van der Waals surface area (Å²) in [6.45, 7) is 3.91. The first-order chi connectivity index (χ1) is 5.22. The Labute approximate surface area is 81.5 Å². The van der Waals surface area contributed by atoms with Crippen LogP contribution >= 0.6 is 22.6 Å². The van der Waals surface area contributed by atoms with Gasteiger partial charge in [-0.15, -0.1) is 0 Å². The van der Waals surface area contributed by atoms with Crippen LogP contribution in [-0.4, -0.2) is 27.8 Å². The molecule has 0 aliphatic carbocycles. The molecule has 0 spiro atoms. The molecule has 0 saturated carbocycles. The van der Waals surface area contributed by atoms with E-state index in [-0.39, 0.29) is 3.92 Å². The molecule has 1 heterocycles. The molecule has 1 aliphatic heterocycles. The first kappa shape index (κ1) is 9.29. The number of carbonyl (C=O) groups is 1. The monoisotopic (exact) mass is 267 g/mol. The fourth-order valence-electron chi connectivity index (χ4n) is 1.37. The van der Waals surface area contributed by atoms with Gasteiger partial charge in [0, 0.05) is 13.1 Å². The van der Waals surface area contributed by atoms with Gasteiger partial charge in [0.1, 0.15) is 0 Å². The minimum Gasteiger partial charge on any atom is -0.342 e. The number of rotatable bonds is 1. The molecule has 0 bridgehead atoms. The van der Waals surface area contributed by atoms with E-state index in [4.69, 9.17) is 0 Å². The zero-order chi connectivity index (χ0) is 8.27. The van der Waals surface area contributed by atoms with E-state index in [0.29, 0.717) is 5.91 Å². The summed E-state index contributed by atoms with van der Waals surface area (Å²) in [5.74, 6) is 0.310. The maximum Gasteiger partial charge on any atom is 0.235 e. The standard InChI is InChI=1S/C8H14INO/c1-7(9)8(11)10-5-3-2-4-6-10/h7H,2-6H2,1H3. The summed E-state index contributed by atoms with van der Waals surface area (Å²) < 4.78 is 0.144.